The molecule has 1 aromatic heterocycles. The molecule has 80 valence electrons. The molecule has 1 aromatic rings. The van der Waals surface area contributed by atoms with Crippen molar-refractivity contribution >= 4 is 5.69 Å². The first-order valence-corrected chi connectivity index (χ1v) is 5.09. The molecule has 0 aliphatic rings. The van der Waals surface area contributed by atoms with E-state index < -0.39 is 0 Å². The Labute approximate surface area is 84.9 Å². The SMILES string of the molecule is CC(C)Cn1cc(NCCCO)cn1. The third-order valence-corrected chi connectivity index (χ3v) is 1.85. The summed E-state index contributed by atoms with van der Waals surface area (Å²) in [5.41, 5.74) is 1.03. The van der Waals surface area contributed by atoms with Crippen LogP contribution in [0.4, 0.5) is 5.69 Å². The molecule has 0 aromatic carbocycles. The normalized spacial score (nSPS) is 10.9. The third kappa shape index (κ3) is 3.79. The number of aromatic nitrogens is 2. The zero-order valence-corrected chi connectivity index (χ0v) is 8.90. The van der Waals surface area contributed by atoms with Gasteiger partial charge in [0, 0.05) is 25.9 Å². The number of aliphatic hydroxyl groups excluding tert-OH is 1. The lowest BCUT2D eigenvalue weighted by molar-refractivity contribution is 0.292. The van der Waals surface area contributed by atoms with Crippen LogP contribution in [-0.4, -0.2) is 28.0 Å². The van der Waals surface area contributed by atoms with Gasteiger partial charge in [-0.15, -0.1) is 0 Å². The molecule has 0 unspecified atom stereocenters. The van der Waals surface area contributed by atoms with Crippen LogP contribution in [0.2, 0.25) is 0 Å². The lowest BCUT2D eigenvalue weighted by Crippen LogP contribution is -2.05. The van der Waals surface area contributed by atoms with E-state index in [0.29, 0.717) is 5.92 Å². The van der Waals surface area contributed by atoms with E-state index in [1.165, 1.54) is 0 Å². The molecule has 0 spiro atoms. The number of hydrogen-bond acceptors (Lipinski definition) is 3. The summed E-state index contributed by atoms with van der Waals surface area (Å²) in [7, 11) is 0. The molecule has 4 heteroatoms. The second kappa shape index (κ2) is 5.65. The fourth-order valence-corrected chi connectivity index (χ4v) is 1.24. The molecule has 0 radical (unpaired) electrons. The average Bonchev–Trinajstić information content (AvgIpc) is 2.52. The molecule has 0 atom stereocenters. The Morgan fingerprint density at radius 3 is 3.00 bits per heavy atom. The van der Waals surface area contributed by atoms with Crippen LogP contribution in [0.1, 0.15) is 20.3 Å². The van der Waals surface area contributed by atoms with Gasteiger partial charge >= 0.3 is 0 Å². The molecule has 0 bridgehead atoms. The summed E-state index contributed by atoms with van der Waals surface area (Å²) >= 11 is 0. The summed E-state index contributed by atoms with van der Waals surface area (Å²) in [5, 5.41) is 16.0. The summed E-state index contributed by atoms with van der Waals surface area (Å²) in [5.74, 6) is 0.611. The van der Waals surface area contributed by atoms with E-state index in [1.54, 1.807) is 0 Å². The van der Waals surface area contributed by atoms with Crippen molar-refractivity contribution < 1.29 is 5.11 Å². The van der Waals surface area contributed by atoms with Crippen LogP contribution in [0.3, 0.4) is 0 Å². The molecule has 1 rings (SSSR count). The van der Waals surface area contributed by atoms with E-state index in [4.69, 9.17) is 5.11 Å². The number of anilines is 1. The monoisotopic (exact) mass is 197 g/mol. The highest BCUT2D eigenvalue weighted by Crippen LogP contribution is 2.06. The van der Waals surface area contributed by atoms with Crippen LogP contribution < -0.4 is 5.32 Å². The smallest absolute Gasteiger partial charge is 0.0726 e. The van der Waals surface area contributed by atoms with E-state index in [-0.39, 0.29) is 6.61 Å². The molecule has 0 fully saturated rings. The Hall–Kier alpha value is -1.03. The van der Waals surface area contributed by atoms with E-state index >= 15 is 0 Å². The van der Waals surface area contributed by atoms with Crippen molar-refractivity contribution in [3.8, 4) is 0 Å². The van der Waals surface area contributed by atoms with Crippen LogP contribution >= 0.6 is 0 Å². The average molecular weight is 197 g/mol. The first-order chi connectivity index (χ1) is 6.72. The molecule has 0 amide bonds. The van der Waals surface area contributed by atoms with E-state index in [2.05, 4.69) is 24.3 Å². The zero-order chi connectivity index (χ0) is 10.4. The maximum absolute atomic E-state index is 8.61. The molecule has 0 aliphatic heterocycles. The van der Waals surface area contributed by atoms with Crippen LogP contribution in [0, 0.1) is 5.92 Å². The number of rotatable bonds is 6. The van der Waals surface area contributed by atoms with Crippen molar-refractivity contribution in [3.63, 3.8) is 0 Å². The van der Waals surface area contributed by atoms with Gasteiger partial charge in [0.25, 0.3) is 0 Å². The fraction of sp³-hybridized carbons (Fsp3) is 0.700. The standard InChI is InChI=1S/C10H19N3O/c1-9(2)7-13-8-10(6-12-13)11-4-3-5-14/h6,8-9,11,14H,3-5,7H2,1-2H3. The quantitative estimate of drug-likeness (QED) is 0.676. The Morgan fingerprint density at radius 2 is 2.36 bits per heavy atom. The minimum Gasteiger partial charge on any atom is -0.396 e. The van der Waals surface area contributed by atoms with Gasteiger partial charge in [0.2, 0.25) is 0 Å². The molecular weight excluding hydrogens is 178 g/mol. The van der Waals surface area contributed by atoms with Gasteiger partial charge in [0.15, 0.2) is 0 Å². The lowest BCUT2D eigenvalue weighted by atomic mass is 10.2. The second-order valence-corrected chi connectivity index (χ2v) is 3.85. The Balaban J connectivity index is 2.35. The van der Waals surface area contributed by atoms with Crippen molar-refractivity contribution in [1.82, 2.24) is 9.78 Å². The minimum atomic E-state index is 0.229. The van der Waals surface area contributed by atoms with Crippen LogP contribution in [0.25, 0.3) is 0 Å². The minimum absolute atomic E-state index is 0.229. The zero-order valence-electron chi connectivity index (χ0n) is 8.90. The van der Waals surface area contributed by atoms with Crippen molar-refractivity contribution in [3.05, 3.63) is 12.4 Å². The number of nitrogens with zero attached hydrogens (tertiary/aromatic N) is 2. The number of aliphatic hydroxyl groups is 1. The predicted octanol–water partition coefficient (Wildman–Crippen LogP) is 1.33. The van der Waals surface area contributed by atoms with Gasteiger partial charge < -0.3 is 10.4 Å². The van der Waals surface area contributed by atoms with E-state index in [0.717, 1.165) is 25.2 Å². The fourth-order valence-electron chi connectivity index (χ4n) is 1.24. The summed E-state index contributed by atoms with van der Waals surface area (Å²) in [4.78, 5) is 0. The third-order valence-electron chi connectivity index (χ3n) is 1.85. The Kier molecular flexibility index (Phi) is 4.46. The molecule has 0 saturated carbocycles. The van der Waals surface area contributed by atoms with Crippen molar-refractivity contribution in [1.29, 1.82) is 0 Å². The van der Waals surface area contributed by atoms with Crippen LogP contribution in [-0.2, 0) is 6.54 Å². The molecular formula is C10H19N3O. The highest BCUT2D eigenvalue weighted by atomic mass is 16.3. The number of hydrogen-bond donors (Lipinski definition) is 2. The van der Waals surface area contributed by atoms with E-state index in [9.17, 15) is 0 Å². The summed E-state index contributed by atoms with van der Waals surface area (Å²) in [6.45, 7) is 6.31. The summed E-state index contributed by atoms with van der Waals surface area (Å²) < 4.78 is 1.94. The van der Waals surface area contributed by atoms with Gasteiger partial charge in [-0.25, -0.2) is 0 Å². The van der Waals surface area contributed by atoms with Gasteiger partial charge in [-0.1, -0.05) is 13.8 Å². The Morgan fingerprint density at radius 1 is 1.57 bits per heavy atom. The van der Waals surface area contributed by atoms with Gasteiger partial charge in [-0.2, -0.15) is 5.10 Å². The van der Waals surface area contributed by atoms with Gasteiger partial charge in [-0.05, 0) is 12.3 Å². The Bertz CT molecular complexity index is 258. The van der Waals surface area contributed by atoms with E-state index in [1.807, 2.05) is 17.1 Å². The molecule has 14 heavy (non-hydrogen) atoms. The highest BCUT2D eigenvalue weighted by Gasteiger charge is 1.99. The molecule has 4 nitrogen and oxygen atoms in total. The largest absolute Gasteiger partial charge is 0.396 e. The van der Waals surface area contributed by atoms with Crippen molar-refractivity contribution in [2.24, 2.45) is 5.92 Å². The van der Waals surface area contributed by atoms with Crippen LogP contribution in [0.15, 0.2) is 12.4 Å². The molecule has 0 saturated heterocycles. The van der Waals surface area contributed by atoms with Crippen molar-refractivity contribution in [2.45, 2.75) is 26.8 Å². The maximum atomic E-state index is 8.61. The predicted molar refractivity (Wildman–Crippen MR) is 57.3 cm³/mol. The topological polar surface area (TPSA) is 50.1 Å². The maximum Gasteiger partial charge on any atom is 0.0726 e. The summed E-state index contributed by atoms with van der Waals surface area (Å²) in [6.07, 6.45) is 4.59. The van der Waals surface area contributed by atoms with Gasteiger partial charge in [-0.3, -0.25) is 4.68 Å². The molecule has 1 heterocycles. The second-order valence-electron chi connectivity index (χ2n) is 3.85. The summed E-state index contributed by atoms with van der Waals surface area (Å²) in [6, 6.07) is 0. The lowest BCUT2D eigenvalue weighted by Gasteiger charge is -2.03. The van der Waals surface area contributed by atoms with Crippen molar-refractivity contribution in [2.75, 3.05) is 18.5 Å². The van der Waals surface area contributed by atoms with Gasteiger partial charge in [0.05, 0.1) is 11.9 Å². The first kappa shape index (κ1) is 11.0. The molecule has 2 N–H and O–H groups in total. The molecule has 0 aliphatic carbocycles. The van der Waals surface area contributed by atoms with Gasteiger partial charge in [0.1, 0.15) is 0 Å². The first-order valence-electron chi connectivity index (χ1n) is 5.09. The number of nitrogens with one attached hydrogen (secondary N) is 1. The highest BCUT2D eigenvalue weighted by molar-refractivity contribution is 5.37. The van der Waals surface area contributed by atoms with Crippen LogP contribution in [0.5, 0.6) is 0 Å².